The number of rotatable bonds is 4. The van der Waals surface area contributed by atoms with Crippen molar-refractivity contribution in [1.82, 2.24) is 0 Å². The highest BCUT2D eigenvalue weighted by Crippen LogP contribution is 2.18. The molecule has 0 aromatic heterocycles. The summed E-state index contributed by atoms with van der Waals surface area (Å²) >= 11 is 0. The van der Waals surface area contributed by atoms with Crippen LogP contribution in [0, 0.1) is 5.92 Å². The average molecular weight is 192 g/mol. The van der Waals surface area contributed by atoms with Gasteiger partial charge in [0.05, 0.1) is 0 Å². The zero-order valence-corrected chi connectivity index (χ0v) is 9.03. The van der Waals surface area contributed by atoms with E-state index in [2.05, 4.69) is 38.1 Å². The first-order valence-corrected chi connectivity index (χ1v) is 5.23. The van der Waals surface area contributed by atoms with Crippen LogP contribution in [0.15, 0.2) is 24.3 Å². The molecular weight excluding hydrogens is 172 g/mol. The standard InChI is InChI=1S/C12H20N2/c1-3-10-4-6-11(7-5-10)12(14)9(2)8-13/h4-7,9,12H,3,8,13-14H2,1-2H3. The first-order chi connectivity index (χ1) is 6.69. The second kappa shape index (κ2) is 5.13. The Labute approximate surface area is 86.3 Å². The predicted molar refractivity (Wildman–Crippen MR) is 61.0 cm³/mol. The Morgan fingerprint density at radius 2 is 1.79 bits per heavy atom. The molecule has 2 atom stereocenters. The first kappa shape index (κ1) is 11.2. The van der Waals surface area contributed by atoms with Gasteiger partial charge in [0.1, 0.15) is 0 Å². The molecular formula is C12H20N2. The molecule has 0 fully saturated rings. The summed E-state index contributed by atoms with van der Waals surface area (Å²) < 4.78 is 0. The van der Waals surface area contributed by atoms with Crippen molar-refractivity contribution in [1.29, 1.82) is 0 Å². The van der Waals surface area contributed by atoms with Gasteiger partial charge in [-0.3, -0.25) is 0 Å². The van der Waals surface area contributed by atoms with Crippen molar-refractivity contribution in [2.24, 2.45) is 17.4 Å². The van der Waals surface area contributed by atoms with Crippen molar-refractivity contribution in [2.45, 2.75) is 26.3 Å². The molecule has 1 rings (SSSR count). The van der Waals surface area contributed by atoms with Gasteiger partial charge in [-0.1, -0.05) is 38.1 Å². The average Bonchev–Trinajstić information content (AvgIpc) is 2.27. The molecule has 0 amide bonds. The number of hydrogen-bond acceptors (Lipinski definition) is 2. The maximum Gasteiger partial charge on any atom is 0.0332 e. The molecule has 4 N–H and O–H groups in total. The molecule has 0 aliphatic heterocycles. The van der Waals surface area contributed by atoms with E-state index in [0.717, 1.165) is 6.42 Å². The lowest BCUT2D eigenvalue weighted by atomic mass is 9.94. The Morgan fingerprint density at radius 1 is 1.21 bits per heavy atom. The SMILES string of the molecule is CCc1ccc(C(N)C(C)CN)cc1. The summed E-state index contributed by atoms with van der Waals surface area (Å²) in [5.41, 5.74) is 14.2. The van der Waals surface area contributed by atoms with Gasteiger partial charge in [-0.15, -0.1) is 0 Å². The fourth-order valence-electron chi connectivity index (χ4n) is 1.45. The summed E-state index contributed by atoms with van der Waals surface area (Å²) in [6.07, 6.45) is 1.07. The van der Waals surface area contributed by atoms with Crippen LogP contribution in [0.2, 0.25) is 0 Å². The molecule has 0 saturated heterocycles. The molecule has 0 aliphatic carbocycles. The lowest BCUT2D eigenvalue weighted by Gasteiger charge is -2.18. The summed E-state index contributed by atoms with van der Waals surface area (Å²) in [6, 6.07) is 8.55. The van der Waals surface area contributed by atoms with Crippen molar-refractivity contribution < 1.29 is 0 Å². The molecule has 2 unspecified atom stereocenters. The van der Waals surface area contributed by atoms with Crippen molar-refractivity contribution >= 4 is 0 Å². The Morgan fingerprint density at radius 3 is 2.21 bits per heavy atom. The fraction of sp³-hybridized carbons (Fsp3) is 0.500. The third-order valence-electron chi connectivity index (χ3n) is 2.76. The molecule has 2 nitrogen and oxygen atoms in total. The van der Waals surface area contributed by atoms with Crippen molar-refractivity contribution in [2.75, 3.05) is 6.54 Å². The number of nitrogens with two attached hydrogens (primary N) is 2. The van der Waals surface area contributed by atoms with Crippen molar-refractivity contribution in [3.63, 3.8) is 0 Å². The van der Waals surface area contributed by atoms with Gasteiger partial charge in [-0.25, -0.2) is 0 Å². The maximum atomic E-state index is 6.06. The summed E-state index contributed by atoms with van der Waals surface area (Å²) in [7, 11) is 0. The second-order valence-corrected chi connectivity index (χ2v) is 3.83. The molecule has 1 aromatic carbocycles. The smallest absolute Gasteiger partial charge is 0.0332 e. The molecule has 0 heterocycles. The van der Waals surface area contributed by atoms with E-state index in [1.54, 1.807) is 0 Å². The summed E-state index contributed by atoms with van der Waals surface area (Å²) in [5, 5.41) is 0. The predicted octanol–water partition coefficient (Wildman–Crippen LogP) is 1.84. The molecule has 0 saturated carbocycles. The number of benzene rings is 1. The van der Waals surface area contributed by atoms with Gasteiger partial charge in [0.25, 0.3) is 0 Å². The largest absolute Gasteiger partial charge is 0.330 e. The van der Waals surface area contributed by atoms with E-state index in [0.29, 0.717) is 12.5 Å². The van der Waals surface area contributed by atoms with Crippen LogP contribution in [0.3, 0.4) is 0 Å². The fourth-order valence-corrected chi connectivity index (χ4v) is 1.45. The molecule has 0 bridgehead atoms. The van der Waals surface area contributed by atoms with E-state index in [1.807, 2.05) is 0 Å². The minimum atomic E-state index is 0.0610. The quantitative estimate of drug-likeness (QED) is 0.765. The topological polar surface area (TPSA) is 52.0 Å². The van der Waals surface area contributed by atoms with Gasteiger partial charge in [0.2, 0.25) is 0 Å². The summed E-state index contributed by atoms with van der Waals surface area (Å²) in [5.74, 6) is 0.336. The lowest BCUT2D eigenvalue weighted by Crippen LogP contribution is -2.25. The number of aryl methyl sites for hydroxylation is 1. The molecule has 78 valence electrons. The van der Waals surface area contributed by atoms with Crippen molar-refractivity contribution in [3.8, 4) is 0 Å². The minimum absolute atomic E-state index is 0.0610. The highest BCUT2D eigenvalue weighted by Gasteiger charge is 2.12. The van der Waals surface area contributed by atoms with Crippen LogP contribution in [0.5, 0.6) is 0 Å². The minimum Gasteiger partial charge on any atom is -0.330 e. The third kappa shape index (κ3) is 2.56. The first-order valence-electron chi connectivity index (χ1n) is 5.23. The Balaban J connectivity index is 2.75. The van der Waals surface area contributed by atoms with Crippen LogP contribution in [-0.2, 0) is 6.42 Å². The van der Waals surface area contributed by atoms with Crippen LogP contribution in [0.1, 0.15) is 31.0 Å². The molecule has 14 heavy (non-hydrogen) atoms. The maximum absolute atomic E-state index is 6.06. The Bertz CT molecular complexity index is 266. The second-order valence-electron chi connectivity index (χ2n) is 3.83. The molecule has 0 aliphatic rings. The Hall–Kier alpha value is -0.860. The van der Waals surface area contributed by atoms with Gasteiger partial charge in [-0.2, -0.15) is 0 Å². The van der Waals surface area contributed by atoms with Gasteiger partial charge < -0.3 is 11.5 Å². The summed E-state index contributed by atoms with van der Waals surface area (Å²) in [4.78, 5) is 0. The molecule has 1 aromatic rings. The van der Waals surface area contributed by atoms with E-state index in [4.69, 9.17) is 11.5 Å². The molecule has 0 spiro atoms. The van der Waals surface area contributed by atoms with Crippen molar-refractivity contribution in [3.05, 3.63) is 35.4 Å². The van der Waals surface area contributed by atoms with E-state index in [9.17, 15) is 0 Å². The number of hydrogen-bond donors (Lipinski definition) is 2. The van der Waals surface area contributed by atoms with Gasteiger partial charge in [0, 0.05) is 6.04 Å². The monoisotopic (exact) mass is 192 g/mol. The Kier molecular flexibility index (Phi) is 4.11. The van der Waals surface area contributed by atoms with E-state index >= 15 is 0 Å². The zero-order valence-electron chi connectivity index (χ0n) is 9.03. The van der Waals surface area contributed by atoms with Gasteiger partial charge in [0.15, 0.2) is 0 Å². The van der Waals surface area contributed by atoms with E-state index in [-0.39, 0.29) is 6.04 Å². The zero-order chi connectivity index (χ0) is 10.6. The third-order valence-corrected chi connectivity index (χ3v) is 2.76. The highest BCUT2D eigenvalue weighted by atomic mass is 14.7. The van der Waals surface area contributed by atoms with Crippen LogP contribution >= 0.6 is 0 Å². The van der Waals surface area contributed by atoms with E-state index < -0.39 is 0 Å². The molecule has 2 heteroatoms. The molecule has 0 radical (unpaired) electrons. The van der Waals surface area contributed by atoms with Crippen LogP contribution in [0.25, 0.3) is 0 Å². The van der Waals surface area contributed by atoms with Gasteiger partial charge in [-0.05, 0) is 30.0 Å². The van der Waals surface area contributed by atoms with Crippen LogP contribution < -0.4 is 11.5 Å². The van der Waals surface area contributed by atoms with E-state index in [1.165, 1.54) is 11.1 Å². The highest BCUT2D eigenvalue weighted by molar-refractivity contribution is 5.25. The van der Waals surface area contributed by atoms with Crippen LogP contribution in [-0.4, -0.2) is 6.54 Å². The van der Waals surface area contributed by atoms with Gasteiger partial charge >= 0.3 is 0 Å². The lowest BCUT2D eigenvalue weighted by molar-refractivity contribution is 0.481. The normalized spacial score (nSPS) is 15.1. The summed E-state index contributed by atoms with van der Waals surface area (Å²) in [6.45, 7) is 4.87. The van der Waals surface area contributed by atoms with Crippen LogP contribution in [0.4, 0.5) is 0 Å².